The van der Waals surface area contributed by atoms with Crippen molar-refractivity contribution >= 4 is 64.0 Å². The zero-order valence-corrected chi connectivity index (χ0v) is 45.3. The molecule has 19 heteroatoms. The molecule has 0 radical (unpaired) electrons. The number of hydrogen-bond acceptors (Lipinski definition) is 18. The third kappa shape index (κ3) is 17.3. The monoisotopic (exact) mass is 1100 g/mol. The molecule has 1 aliphatic heterocycles. The minimum Gasteiger partial charge on any atom is -0.461 e. The highest BCUT2D eigenvalue weighted by atomic mass is 32.2. The first-order valence-corrected chi connectivity index (χ1v) is 27.1. The predicted molar refractivity (Wildman–Crippen MR) is 288 cm³/mol. The predicted octanol–water partition coefficient (Wildman–Crippen LogP) is 8.42. The molecule has 17 nitrogen and oxygen atoms in total. The minimum absolute atomic E-state index is 0.0739. The van der Waals surface area contributed by atoms with Gasteiger partial charge in [-0.05, 0) is 114 Å². The highest BCUT2D eigenvalue weighted by Crippen LogP contribution is 2.38. The van der Waals surface area contributed by atoms with Crippen LogP contribution in [0.5, 0.6) is 0 Å². The Labute approximate surface area is 456 Å². The molecule has 1 unspecified atom stereocenters. The van der Waals surface area contributed by atoms with Crippen molar-refractivity contribution in [3.05, 3.63) is 212 Å². The summed E-state index contributed by atoms with van der Waals surface area (Å²) in [6.45, 7) is 10.2. The van der Waals surface area contributed by atoms with Crippen LogP contribution in [0.1, 0.15) is 95.5 Å². The summed E-state index contributed by atoms with van der Waals surface area (Å²) in [7, 11) is -4.26. The van der Waals surface area contributed by atoms with Crippen LogP contribution in [-0.2, 0) is 47.5 Å². The van der Waals surface area contributed by atoms with E-state index in [0.717, 1.165) is 51.4 Å². The Morgan fingerprint density at radius 2 is 0.808 bits per heavy atom. The lowest BCUT2D eigenvalue weighted by atomic mass is 10.1. The molecular weight excluding hydrogens is 1040 g/mol. The van der Waals surface area contributed by atoms with Gasteiger partial charge in [0.25, 0.3) is 10.1 Å². The molecule has 0 aliphatic carbocycles. The van der Waals surface area contributed by atoms with E-state index in [2.05, 4.69) is 0 Å². The molecule has 7 atom stereocenters. The summed E-state index contributed by atoms with van der Waals surface area (Å²) in [6, 6.07) is 39.4. The molecule has 0 aromatic heterocycles. The van der Waals surface area contributed by atoms with Crippen LogP contribution in [0, 0.1) is 41.5 Å². The van der Waals surface area contributed by atoms with Crippen LogP contribution < -0.4 is 0 Å². The molecule has 7 rings (SSSR count). The Balaban J connectivity index is 0.000000253. The Morgan fingerprint density at radius 3 is 1.17 bits per heavy atom. The third-order valence-corrected chi connectivity index (χ3v) is 13.8. The molecular formula is C59H58O17S2. The van der Waals surface area contributed by atoms with E-state index in [1.165, 1.54) is 36.4 Å². The standard InChI is InChI=1S/C30H30O10S.C29H28O7S/c1-19-5-11-22(12-6-19)28(32)37-18-26(40-41(4,35)36)27(39-30(34)24-15-9-21(3)10-16-24)25(17-31)38-29(33)23-13-7-20(2)8-14-23;1-17-4-10-20(11-5-17)26(30)34-16-23-24(35-27(31)21-12-6-18(2)7-13-21)25(29(33)37-23)36-28(32)22-14-8-19(3)9-15-22/h5-17,25-27H,18H2,1-4H3;4-15,23-25,29,33H,16H2,1-3H3/t25-,26+,27-;23-,24+,25+,29?/m11/s1. The fourth-order valence-electron chi connectivity index (χ4n) is 7.43. The zero-order valence-electron chi connectivity index (χ0n) is 43.7. The summed E-state index contributed by atoms with van der Waals surface area (Å²) in [5.41, 5.74) is 5.74. The van der Waals surface area contributed by atoms with E-state index in [0.29, 0.717) is 16.7 Å². The van der Waals surface area contributed by atoms with E-state index in [9.17, 15) is 47.1 Å². The van der Waals surface area contributed by atoms with Gasteiger partial charge in [-0.15, -0.1) is 11.8 Å². The van der Waals surface area contributed by atoms with Crippen LogP contribution in [-0.4, -0.2) is 116 Å². The number of aryl methyl sites for hydroxylation is 6. The zero-order chi connectivity index (χ0) is 56.7. The van der Waals surface area contributed by atoms with E-state index in [-0.39, 0.29) is 29.6 Å². The van der Waals surface area contributed by atoms with Gasteiger partial charge in [-0.2, -0.15) is 8.42 Å². The summed E-state index contributed by atoms with van der Waals surface area (Å²) in [6.07, 6.45) is -6.70. The molecule has 6 aromatic carbocycles. The molecule has 1 N–H and O–H groups in total. The highest BCUT2D eigenvalue weighted by molar-refractivity contribution is 8.00. The lowest BCUT2D eigenvalue weighted by molar-refractivity contribution is -0.128. The van der Waals surface area contributed by atoms with Gasteiger partial charge >= 0.3 is 35.8 Å². The molecule has 408 valence electrons. The Bertz CT molecular complexity index is 3160. The highest BCUT2D eigenvalue weighted by Gasteiger charge is 2.49. The van der Waals surface area contributed by atoms with Crippen molar-refractivity contribution < 1.29 is 79.7 Å². The second kappa shape index (κ2) is 27.4. The third-order valence-electron chi connectivity index (χ3n) is 11.9. The topological polar surface area (TPSA) is 238 Å². The molecule has 1 heterocycles. The van der Waals surface area contributed by atoms with Crippen molar-refractivity contribution in [1.29, 1.82) is 0 Å². The Morgan fingerprint density at radius 1 is 0.487 bits per heavy atom. The van der Waals surface area contributed by atoms with Crippen LogP contribution in [0.15, 0.2) is 146 Å². The van der Waals surface area contributed by atoms with E-state index in [1.807, 2.05) is 41.5 Å². The summed E-state index contributed by atoms with van der Waals surface area (Å²) in [5, 5.41) is 10.1. The normalized spacial score (nSPS) is 16.9. The lowest BCUT2D eigenvalue weighted by Gasteiger charge is -2.29. The van der Waals surface area contributed by atoms with Crippen molar-refractivity contribution in [1.82, 2.24) is 0 Å². The minimum atomic E-state index is -4.26. The number of aldehydes is 1. The number of aliphatic hydroxyl groups excluding tert-OH is 1. The Hall–Kier alpha value is -7.97. The van der Waals surface area contributed by atoms with Crippen LogP contribution in [0.25, 0.3) is 0 Å². The molecule has 0 amide bonds. The number of carbonyl (C=O) groups excluding carboxylic acids is 7. The van der Waals surface area contributed by atoms with Crippen molar-refractivity contribution in [2.24, 2.45) is 0 Å². The lowest BCUT2D eigenvalue weighted by Crippen LogP contribution is -2.48. The van der Waals surface area contributed by atoms with Crippen molar-refractivity contribution in [2.75, 3.05) is 19.5 Å². The Kier molecular flexibility index (Phi) is 20.8. The second-order valence-corrected chi connectivity index (χ2v) is 21.4. The van der Waals surface area contributed by atoms with Crippen LogP contribution in [0.4, 0.5) is 0 Å². The molecule has 0 saturated carbocycles. The van der Waals surface area contributed by atoms with Crippen molar-refractivity contribution in [2.45, 2.75) is 82.7 Å². The quantitative estimate of drug-likeness (QED) is 0.0346. The van der Waals surface area contributed by atoms with E-state index in [4.69, 9.17) is 32.6 Å². The van der Waals surface area contributed by atoms with E-state index >= 15 is 0 Å². The maximum absolute atomic E-state index is 13.1. The summed E-state index contributed by atoms with van der Waals surface area (Å²) >= 11 is 1.02. The average Bonchev–Trinajstić information content (AvgIpc) is 3.72. The molecule has 1 saturated heterocycles. The smallest absolute Gasteiger partial charge is 0.338 e. The van der Waals surface area contributed by atoms with Crippen molar-refractivity contribution in [3.8, 4) is 0 Å². The first-order valence-electron chi connectivity index (χ1n) is 24.3. The molecule has 78 heavy (non-hydrogen) atoms. The summed E-state index contributed by atoms with van der Waals surface area (Å²) < 4.78 is 62.5. The van der Waals surface area contributed by atoms with E-state index in [1.54, 1.807) is 109 Å². The summed E-state index contributed by atoms with van der Waals surface area (Å²) in [4.78, 5) is 89.1. The molecule has 6 aromatic rings. The number of carbonyl (C=O) groups is 7. The molecule has 1 aliphatic rings. The fourth-order valence-corrected chi connectivity index (χ4v) is 9.27. The van der Waals surface area contributed by atoms with Crippen LogP contribution in [0.2, 0.25) is 0 Å². The average molecular weight is 1100 g/mol. The number of thioether (sulfide) groups is 1. The number of rotatable bonds is 19. The van der Waals surface area contributed by atoms with Crippen molar-refractivity contribution in [3.63, 3.8) is 0 Å². The number of ether oxygens (including phenoxy) is 6. The number of benzene rings is 6. The van der Waals surface area contributed by atoms with E-state index < -0.39 is 93.7 Å². The maximum atomic E-state index is 13.1. The first-order chi connectivity index (χ1) is 37.1. The van der Waals surface area contributed by atoms with Crippen LogP contribution >= 0.6 is 11.8 Å². The second-order valence-electron chi connectivity index (χ2n) is 18.4. The fraction of sp³-hybridized carbons (Fsp3) is 0.271. The van der Waals surface area contributed by atoms with Gasteiger partial charge in [0.05, 0.1) is 44.9 Å². The molecule has 0 spiro atoms. The number of aliphatic hydroxyl groups is 1. The summed E-state index contributed by atoms with van der Waals surface area (Å²) in [5.74, 6) is -4.55. The first kappa shape index (κ1) is 59.3. The van der Waals surface area contributed by atoms with Gasteiger partial charge in [-0.3, -0.25) is 8.98 Å². The van der Waals surface area contributed by atoms with Gasteiger partial charge in [-0.1, -0.05) is 106 Å². The van der Waals surface area contributed by atoms with Gasteiger partial charge in [0, 0.05) is 0 Å². The molecule has 1 fully saturated rings. The largest absolute Gasteiger partial charge is 0.461 e. The SMILES string of the molecule is Cc1ccc(C(=O)OC[C@H](OS(C)(=O)=O)[C@H](OC(=O)c2ccc(C)cc2)[C@@H](C=O)OC(=O)c2ccc(C)cc2)cc1.Cc1ccc(C(=O)OC[C@H]2SC(O)[C@@H](OC(=O)c3ccc(C)cc3)[C@H]2OC(=O)c2ccc(C)cc2)cc1. The number of esters is 6. The van der Waals surface area contributed by atoms with Gasteiger partial charge < -0.3 is 33.5 Å². The van der Waals surface area contributed by atoms with Gasteiger partial charge in [-0.25, -0.2) is 28.8 Å². The molecule has 0 bridgehead atoms. The van der Waals surface area contributed by atoms with Gasteiger partial charge in [0.1, 0.15) is 18.6 Å². The van der Waals surface area contributed by atoms with Crippen LogP contribution in [0.3, 0.4) is 0 Å². The maximum Gasteiger partial charge on any atom is 0.338 e. The number of hydrogen-bond donors (Lipinski definition) is 1. The van der Waals surface area contributed by atoms with Gasteiger partial charge in [0.15, 0.2) is 36.8 Å². The van der Waals surface area contributed by atoms with Gasteiger partial charge in [0.2, 0.25) is 0 Å².